The second-order valence-corrected chi connectivity index (χ2v) is 8.02. The van der Waals surface area contributed by atoms with Crippen molar-refractivity contribution in [2.45, 2.75) is 67.7 Å². The molecule has 1 unspecified atom stereocenters. The van der Waals surface area contributed by atoms with E-state index in [4.69, 9.17) is 0 Å². The van der Waals surface area contributed by atoms with Crippen LogP contribution in [-0.2, 0) is 9.59 Å². The second kappa shape index (κ2) is 16.0. The molecule has 1 aliphatic rings. The Labute approximate surface area is 196 Å². The Hall–Kier alpha value is -2.68. The van der Waals surface area contributed by atoms with Crippen molar-refractivity contribution < 1.29 is 9.59 Å². The third-order valence-corrected chi connectivity index (χ3v) is 5.29. The van der Waals surface area contributed by atoms with E-state index in [1.807, 2.05) is 20.8 Å². The Balaban J connectivity index is 0.000000505. The van der Waals surface area contributed by atoms with Gasteiger partial charge in [0.1, 0.15) is 5.78 Å². The normalized spacial score (nSPS) is 12.4. The van der Waals surface area contributed by atoms with Crippen LogP contribution in [-0.4, -0.2) is 18.7 Å². The van der Waals surface area contributed by atoms with Crippen molar-refractivity contribution in [1.29, 1.82) is 0 Å². The smallest absolute Gasteiger partial charge is 0.230 e. The minimum Gasteiger partial charge on any atom is -0.359 e. The Morgan fingerprint density at radius 3 is 1.66 bits per heavy atom. The van der Waals surface area contributed by atoms with E-state index in [1.54, 1.807) is 6.92 Å². The number of nitrogens with one attached hydrogen (secondary N) is 1. The molecule has 0 aliphatic heterocycles. The maximum Gasteiger partial charge on any atom is 0.230 e. The number of Topliss-reactive ketones (excluding diaryl/α,β-unsaturated/α-hetero) is 1. The van der Waals surface area contributed by atoms with E-state index in [0.717, 1.165) is 11.5 Å². The van der Waals surface area contributed by atoms with Gasteiger partial charge < -0.3 is 5.32 Å². The van der Waals surface area contributed by atoms with Crippen molar-refractivity contribution in [3.8, 4) is 11.1 Å². The lowest BCUT2D eigenvalue weighted by molar-refractivity contribution is -0.131. The van der Waals surface area contributed by atoms with Crippen molar-refractivity contribution in [2.75, 3.05) is 7.05 Å². The molecule has 3 nitrogen and oxygen atoms in total. The third kappa shape index (κ3) is 11.6. The summed E-state index contributed by atoms with van der Waals surface area (Å²) in [6.07, 6.45) is 4.44. The molecule has 0 saturated heterocycles. The molecule has 2 aromatic rings. The molecule has 0 radical (unpaired) electrons. The average molecular weight is 438 g/mol. The molecule has 0 aromatic heterocycles. The fraction of sp³-hybridized carbons (Fsp3) is 0.448. The molecule has 0 spiro atoms. The average Bonchev–Trinajstić information content (AvgIpc) is 3.65. The number of hydrogen-bond acceptors (Lipinski definition) is 2. The van der Waals surface area contributed by atoms with Gasteiger partial charge >= 0.3 is 0 Å². The molecule has 1 amide bonds. The van der Waals surface area contributed by atoms with Gasteiger partial charge in [-0.05, 0) is 50.3 Å². The molecule has 0 heterocycles. The highest BCUT2D eigenvalue weighted by Crippen LogP contribution is 2.31. The number of aryl methyl sites for hydroxylation is 1. The first-order chi connectivity index (χ1) is 15.2. The van der Waals surface area contributed by atoms with Crippen molar-refractivity contribution in [1.82, 2.24) is 5.32 Å². The number of ketones is 1. The van der Waals surface area contributed by atoms with E-state index in [2.05, 4.69) is 74.3 Å². The van der Waals surface area contributed by atoms with Crippen LogP contribution >= 0.6 is 0 Å². The van der Waals surface area contributed by atoms with Crippen LogP contribution in [0.3, 0.4) is 0 Å². The van der Waals surface area contributed by atoms with Gasteiger partial charge in [0.25, 0.3) is 0 Å². The molecule has 1 fully saturated rings. The SMILES string of the molecule is C=C(C)c1ccc(-c2ccc(C)cc2)cc1.CC.CCC1CC1.CNC(=O)C(C)C(C)=O. The van der Waals surface area contributed by atoms with Crippen LogP contribution in [0.15, 0.2) is 55.1 Å². The molecule has 1 atom stereocenters. The Kier molecular flexibility index (Phi) is 14.7. The lowest BCUT2D eigenvalue weighted by Crippen LogP contribution is -2.29. The number of rotatable bonds is 5. The summed E-state index contributed by atoms with van der Waals surface area (Å²) in [5.41, 5.74) is 6.12. The highest BCUT2D eigenvalue weighted by molar-refractivity contribution is 5.99. The molecule has 32 heavy (non-hydrogen) atoms. The number of carbonyl (C=O) groups excluding carboxylic acids is 2. The molecule has 2 aromatic carbocycles. The summed E-state index contributed by atoms with van der Waals surface area (Å²) < 4.78 is 0. The zero-order chi connectivity index (χ0) is 24.7. The van der Waals surface area contributed by atoms with Crippen LogP contribution in [0.1, 0.15) is 71.9 Å². The summed E-state index contributed by atoms with van der Waals surface area (Å²) in [7, 11) is 1.52. The molecule has 3 rings (SSSR count). The van der Waals surface area contributed by atoms with E-state index in [9.17, 15) is 9.59 Å². The zero-order valence-corrected chi connectivity index (χ0v) is 21.4. The van der Waals surface area contributed by atoms with Gasteiger partial charge in [-0.3, -0.25) is 9.59 Å². The lowest BCUT2D eigenvalue weighted by atomic mass is 10.0. The summed E-state index contributed by atoms with van der Waals surface area (Å²) in [5, 5.41) is 2.39. The highest BCUT2D eigenvalue weighted by atomic mass is 16.2. The molecule has 1 N–H and O–H groups in total. The molecular formula is C29H43NO2. The van der Waals surface area contributed by atoms with Crippen molar-refractivity contribution in [2.24, 2.45) is 11.8 Å². The molecular weight excluding hydrogens is 394 g/mol. The summed E-state index contributed by atoms with van der Waals surface area (Å²) in [4.78, 5) is 21.1. The van der Waals surface area contributed by atoms with Gasteiger partial charge in [-0.25, -0.2) is 0 Å². The van der Waals surface area contributed by atoms with E-state index in [-0.39, 0.29) is 11.7 Å². The van der Waals surface area contributed by atoms with Crippen LogP contribution in [0.2, 0.25) is 0 Å². The number of allylic oxidation sites excluding steroid dienone is 1. The first-order valence-corrected chi connectivity index (χ1v) is 11.7. The fourth-order valence-corrected chi connectivity index (χ4v) is 2.62. The fourth-order valence-electron chi connectivity index (χ4n) is 2.62. The van der Waals surface area contributed by atoms with Crippen LogP contribution in [0.5, 0.6) is 0 Å². The maximum atomic E-state index is 10.6. The predicted octanol–water partition coefficient (Wildman–Crippen LogP) is 7.49. The summed E-state index contributed by atoms with van der Waals surface area (Å²) in [5.74, 6) is 0.307. The number of amides is 1. The molecule has 1 aliphatic carbocycles. The van der Waals surface area contributed by atoms with Gasteiger partial charge in [-0.15, -0.1) is 0 Å². The Bertz CT molecular complexity index is 815. The summed E-state index contributed by atoms with van der Waals surface area (Å²) in [6.45, 7) is 17.3. The van der Waals surface area contributed by atoms with Gasteiger partial charge in [0.05, 0.1) is 5.92 Å². The Morgan fingerprint density at radius 1 is 0.969 bits per heavy atom. The van der Waals surface area contributed by atoms with Crippen molar-refractivity contribution in [3.63, 3.8) is 0 Å². The standard InChI is InChI=1S/C16H16.C6H11NO2.C5H10.C2H6/c1-12(2)14-8-10-16(11-9-14)15-6-4-13(3)5-7-15;1-4(5(2)8)6(9)7-3;1-2-5-3-4-5;1-2/h4-11H,1H2,2-3H3;4H,1-3H3,(H,7,9);5H,2-4H2,1H3;1-2H3. The first kappa shape index (κ1) is 29.3. The van der Waals surface area contributed by atoms with E-state index >= 15 is 0 Å². The highest BCUT2D eigenvalue weighted by Gasteiger charge is 2.17. The minimum atomic E-state index is -0.505. The topological polar surface area (TPSA) is 46.2 Å². The third-order valence-electron chi connectivity index (χ3n) is 5.29. The monoisotopic (exact) mass is 437 g/mol. The zero-order valence-electron chi connectivity index (χ0n) is 21.4. The van der Waals surface area contributed by atoms with Crippen LogP contribution in [0.25, 0.3) is 16.7 Å². The van der Waals surface area contributed by atoms with Gasteiger partial charge in [0, 0.05) is 7.05 Å². The number of benzene rings is 2. The molecule has 3 heteroatoms. The van der Waals surface area contributed by atoms with Crippen LogP contribution in [0.4, 0.5) is 0 Å². The summed E-state index contributed by atoms with van der Waals surface area (Å²) >= 11 is 0. The number of hydrogen-bond donors (Lipinski definition) is 1. The van der Waals surface area contributed by atoms with Gasteiger partial charge in [0.15, 0.2) is 0 Å². The quantitative estimate of drug-likeness (QED) is 0.493. The van der Waals surface area contributed by atoms with Crippen LogP contribution < -0.4 is 5.32 Å². The second-order valence-electron chi connectivity index (χ2n) is 8.02. The first-order valence-electron chi connectivity index (χ1n) is 11.7. The largest absolute Gasteiger partial charge is 0.359 e. The van der Waals surface area contributed by atoms with E-state index in [0.29, 0.717) is 0 Å². The predicted molar refractivity (Wildman–Crippen MR) is 140 cm³/mol. The molecule has 176 valence electrons. The van der Waals surface area contributed by atoms with E-state index < -0.39 is 5.92 Å². The van der Waals surface area contributed by atoms with Crippen molar-refractivity contribution >= 4 is 17.3 Å². The Morgan fingerprint density at radius 2 is 1.41 bits per heavy atom. The van der Waals surface area contributed by atoms with Crippen LogP contribution in [0, 0.1) is 18.8 Å². The minimum absolute atomic E-state index is 0.102. The molecule has 0 bridgehead atoms. The van der Waals surface area contributed by atoms with Gasteiger partial charge in [-0.2, -0.15) is 0 Å². The van der Waals surface area contributed by atoms with E-state index in [1.165, 1.54) is 55.5 Å². The van der Waals surface area contributed by atoms with Gasteiger partial charge in [-0.1, -0.05) is 106 Å². The number of carbonyl (C=O) groups is 2. The van der Waals surface area contributed by atoms with Crippen molar-refractivity contribution in [3.05, 3.63) is 66.2 Å². The summed E-state index contributed by atoms with van der Waals surface area (Å²) in [6, 6.07) is 17.1. The van der Waals surface area contributed by atoms with Gasteiger partial charge in [0.2, 0.25) is 5.91 Å². The maximum absolute atomic E-state index is 10.6. The lowest BCUT2D eigenvalue weighted by Gasteiger charge is -2.04. The molecule has 1 saturated carbocycles.